The van der Waals surface area contributed by atoms with Gasteiger partial charge in [-0.3, -0.25) is 4.79 Å². The van der Waals surface area contributed by atoms with Gasteiger partial charge in [0.1, 0.15) is 0 Å². The van der Waals surface area contributed by atoms with Crippen molar-refractivity contribution < 1.29 is 9.90 Å². The van der Waals surface area contributed by atoms with Crippen LogP contribution in [0.5, 0.6) is 0 Å². The van der Waals surface area contributed by atoms with Crippen LogP contribution >= 0.6 is 0 Å². The lowest BCUT2D eigenvalue weighted by Crippen LogP contribution is -2.64. The lowest BCUT2D eigenvalue weighted by Gasteiger charge is -2.66. The van der Waals surface area contributed by atoms with E-state index < -0.39 is 5.97 Å². The molecular formula is C13H21NO2. The fourth-order valence-corrected chi connectivity index (χ4v) is 5.65. The summed E-state index contributed by atoms with van der Waals surface area (Å²) in [6.45, 7) is 2.94. The minimum Gasteiger partial charge on any atom is -0.481 e. The third kappa shape index (κ3) is 1.01. The van der Waals surface area contributed by atoms with Gasteiger partial charge in [0.2, 0.25) is 0 Å². The monoisotopic (exact) mass is 223 g/mol. The highest BCUT2D eigenvalue weighted by molar-refractivity contribution is 5.68. The lowest BCUT2D eigenvalue weighted by atomic mass is 9.38. The maximum absolute atomic E-state index is 11.1. The molecule has 0 aromatic rings. The molecule has 0 spiro atoms. The zero-order valence-electron chi connectivity index (χ0n) is 9.91. The third-order valence-corrected chi connectivity index (χ3v) is 6.00. The number of aliphatic carboxylic acids is 1. The second-order valence-corrected chi connectivity index (χ2v) is 6.50. The summed E-state index contributed by atoms with van der Waals surface area (Å²) in [7, 11) is 0. The molecule has 5 atom stereocenters. The second kappa shape index (κ2) is 3.00. The average molecular weight is 223 g/mol. The molecule has 3 heteroatoms. The van der Waals surface area contributed by atoms with Crippen molar-refractivity contribution in [3.05, 3.63) is 0 Å². The van der Waals surface area contributed by atoms with Crippen LogP contribution in [0.2, 0.25) is 0 Å². The Morgan fingerprint density at radius 3 is 2.81 bits per heavy atom. The van der Waals surface area contributed by atoms with E-state index in [4.69, 9.17) is 10.8 Å². The van der Waals surface area contributed by atoms with Crippen LogP contribution in [0.15, 0.2) is 0 Å². The molecule has 2 bridgehead atoms. The molecular weight excluding hydrogens is 202 g/mol. The molecule has 3 fully saturated rings. The summed E-state index contributed by atoms with van der Waals surface area (Å²) >= 11 is 0. The Balaban J connectivity index is 1.95. The minimum absolute atomic E-state index is 0.0637. The SMILES string of the molecule is CC12CC3CCC1C(CN)(CC(=O)O)C2C3. The Morgan fingerprint density at radius 1 is 1.44 bits per heavy atom. The molecule has 3 N–H and O–H groups in total. The molecule has 0 radical (unpaired) electrons. The Hall–Kier alpha value is -0.570. The van der Waals surface area contributed by atoms with E-state index in [2.05, 4.69) is 6.92 Å². The maximum Gasteiger partial charge on any atom is 0.303 e. The number of carboxylic acids is 1. The minimum atomic E-state index is -0.664. The van der Waals surface area contributed by atoms with Gasteiger partial charge in [-0.15, -0.1) is 0 Å². The van der Waals surface area contributed by atoms with Crippen molar-refractivity contribution >= 4 is 5.97 Å². The third-order valence-electron chi connectivity index (χ3n) is 6.00. The molecule has 16 heavy (non-hydrogen) atoms. The maximum atomic E-state index is 11.1. The highest BCUT2D eigenvalue weighted by Gasteiger charge is 2.72. The van der Waals surface area contributed by atoms with Crippen molar-refractivity contribution in [2.24, 2.45) is 34.3 Å². The first-order valence-electron chi connectivity index (χ1n) is 6.45. The predicted octanol–water partition coefficient (Wildman–Crippen LogP) is 1.86. The van der Waals surface area contributed by atoms with Crippen molar-refractivity contribution in [2.75, 3.05) is 6.54 Å². The van der Waals surface area contributed by atoms with Gasteiger partial charge in [-0.2, -0.15) is 0 Å². The molecule has 3 rings (SSSR count). The van der Waals surface area contributed by atoms with Crippen LogP contribution in [0.3, 0.4) is 0 Å². The molecule has 3 saturated carbocycles. The first kappa shape index (κ1) is 10.6. The average Bonchev–Trinajstić information content (AvgIpc) is 2.35. The van der Waals surface area contributed by atoms with Crippen molar-refractivity contribution in [2.45, 2.75) is 39.0 Å². The zero-order chi connectivity index (χ0) is 11.6. The van der Waals surface area contributed by atoms with E-state index in [1.165, 1.54) is 25.7 Å². The summed E-state index contributed by atoms with van der Waals surface area (Å²) in [6.07, 6.45) is 5.36. The number of hydrogen-bond donors (Lipinski definition) is 2. The van der Waals surface area contributed by atoms with E-state index >= 15 is 0 Å². The second-order valence-electron chi connectivity index (χ2n) is 6.50. The zero-order valence-corrected chi connectivity index (χ0v) is 9.91. The standard InChI is InChI=1S/C13H21NO2/c1-12-5-8-2-3-9(12)13(7-14,6-11(15)16)10(12)4-8/h8-10H,2-7,14H2,1H3,(H,15,16). The van der Waals surface area contributed by atoms with Gasteiger partial charge < -0.3 is 10.8 Å². The number of carbonyl (C=O) groups is 1. The van der Waals surface area contributed by atoms with Crippen molar-refractivity contribution in [3.8, 4) is 0 Å². The fourth-order valence-electron chi connectivity index (χ4n) is 5.65. The van der Waals surface area contributed by atoms with Gasteiger partial charge in [-0.25, -0.2) is 0 Å². The van der Waals surface area contributed by atoms with Crippen molar-refractivity contribution in [3.63, 3.8) is 0 Å². The smallest absolute Gasteiger partial charge is 0.303 e. The molecule has 3 aliphatic carbocycles. The summed E-state index contributed by atoms with van der Waals surface area (Å²) in [6, 6.07) is 0. The molecule has 3 nitrogen and oxygen atoms in total. The van der Waals surface area contributed by atoms with Gasteiger partial charge in [0.25, 0.3) is 0 Å². The molecule has 0 saturated heterocycles. The van der Waals surface area contributed by atoms with E-state index in [-0.39, 0.29) is 5.41 Å². The van der Waals surface area contributed by atoms with Crippen LogP contribution in [0.1, 0.15) is 39.0 Å². The number of hydrogen-bond acceptors (Lipinski definition) is 2. The van der Waals surface area contributed by atoms with E-state index in [1.807, 2.05) is 0 Å². The molecule has 0 heterocycles. The summed E-state index contributed by atoms with van der Waals surface area (Å²) in [4.78, 5) is 11.1. The van der Waals surface area contributed by atoms with E-state index in [1.54, 1.807) is 0 Å². The van der Waals surface area contributed by atoms with Crippen LogP contribution in [0.25, 0.3) is 0 Å². The summed E-state index contributed by atoms with van der Waals surface area (Å²) in [5, 5.41) is 9.12. The molecule has 3 aliphatic rings. The van der Waals surface area contributed by atoms with Gasteiger partial charge in [0, 0.05) is 0 Å². The Labute approximate surface area is 96.4 Å². The fraction of sp³-hybridized carbons (Fsp3) is 0.923. The molecule has 0 aromatic heterocycles. The molecule has 5 unspecified atom stereocenters. The molecule has 0 amide bonds. The quantitative estimate of drug-likeness (QED) is 0.767. The van der Waals surface area contributed by atoms with Crippen LogP contribution in [-0.2, 0) is 4.79 Å². The van der Waals surface area contributed by atoms with E-state index in [0.717, 1.165) is 5.92 Å². The van der Waals surface area contributed by atoms with Crippen LogP contribution in [0.4, 0.5) is 0 Å². The first-order chi connectivity index (χ1) is 7.53. The van der Waals surface area contributed by atoms with Crippen LogP contribution in [-0.4, -0.2) is 17.6 Å². The molecule has 0 aliphatic heterocycles. The van der Waals surface area contributed by atoms with Crippen molar-refractivity contribution in [1.82, 2.24) is 0 Å². The van der Waals surface area contributed by atoms with Crippen LogP contribution < -0.4 is 5.73 Å². The number of nitrogens with two attached hydrogens (primary N) is 1. The van der Waals surface area contributed by atoms with Crippen molar-refractivity contribution in [1.29, 1.82) is 0 Å². The summed E-state index contributed by atoms with van der Waals surface area (Å²) < 4.78 is 0. The number of carboxylic acid groups (broad SMARTS) is 1. The van der Waals surface area contributed by atoms with Gasteiger partial charge in [-0.05, 0) is 54.4 Å². The van der Waals surface area contributed by atoms with E-state index in [0.29, 0.717) is 30.2 Å². The van der Waals surface area contributed by atoms with Crippen LogP contribution in [0, 0.1) is 28.6 Å². The number of fused-ring (bicyclic) bond motifs is 1. The Morgan fingerprint density at radius 2 is 2.19 bits per heavy atom. The predicted molar refractivity (Wildman–Crippen MR) is 60.8 cm³/mol. The first-order valence-corrected chi connectivity index (χ1v) is 6.45. The van der Waals surface area contributed by atoms with E-state index in [9.17, 15) is 4.79 Å². The molecule has 90 valence electrons. The Kier molecular flexibility index (Phi) is 1.99. The van der Waals surface area contributed by atoms with Gasteiger partial charge in [-0.1, -0.05) is 13.3 Å². The largest absolute Gasteiger partial charge is 0.481 e. The van der Waals surface area contributed by atoms with Gasteiger partial charge in [0.15, 0.2) is 0 Å². The van der Waals surface area contributed by atoms with Gasteiger partial charge >= 0.3 is 5.97 Å². The highest BCUT2D eigenvalue weighted by Crippen LogP contribution is 2.76. The van der Waals surface area contributed by atoms with Gasteiger partial charge in [0.05, 0.1) is 6.42 Å². The molecule has 0 aromatic carbocycles. The number of rotatable bonds is 3. The topological polar surface area (TPSA) is 63.3 Å². The highest BCUT2D eigenvalue weighted by atomic mass is 16.4. The lowest BCUT2D eigenvalue weighted by molar-refractivity contribution is -0.189. The summed E-state index contributed by atoms with van der Waals surface area (Å²) in [5.41, 5.74) is 6.32. The Bertz CT molecular complexity index is 333. The summed E-state index contributed by atoms with van der Waals surface area (Å²) in [5.74, 6) is 1.35. The normalized spacial score (nSPS) is 53.5.